The number of carbonyl (C=O) groups is 1. The van der Waals surface area contributed by atoms with Crippen molar-refractivity contribution in [2.75, 3.05) is 26.4 Å². The molecule has 3 saturated heterocycles. The third kappa shape index (κ3) is 45.7. The third-order valence-electron chi connectivity index (χ3n) is 19.6. The standard InChI is InChI=1S/C88H147NO18/c1-3-5-7-9-11-13-15-17-19-21-23-25-27-29-30-31-32-33-34-35-36-37-38-39-40-42-44-46-48-50-52-54-56-58-60-62-64-66-76(94)89-71(72(93)65-63-61-59-57-55-53-51-49-47-45-43-41-28-26-24-22-20-18-16-14-12-10-8-6-4-2)70-102-86-82(100)79(97)84(74(68-91)104-86)107-88-83(101)80(98)85(75(69-92)105-88)106-87-81(99)78(96)77(95)73(67-90)103-87/h5,7,11,13,17,19,23,25,29-30,32-33,35-36,38-39,42,44,47,49,55,57,63,65,71-75,77-88,90-93,95-101H,3-4,6,8-10,12,14-16,18,20-22,24,26-28,31,34,37,40-41,43,45-46,48,50-54,56,58-62,64,66-70H2,1-2H3,(H,89,94)/b7-5-,13-11-,19-17-,25-23-,30-29-,33-32-,36-35-,39-38-,44-42-,49-47+,57-55+,65-63+. The summed E-state index contributed by atoms with van der Waals surface area (Å²) >= 11 is 0. The van der Waals surface area contributed by atoms with Crippen molar-refractivity contribution in [1.29, 1.82) is 0 Å². The lowest BCUT2D eigenvalue weighted by molar-refractivity contribution is -0.379. The normalized spacial score (nSPS) is 26.3. The van der Waals surface area contributed by atoms with Crippen LogP contribution in [0.2, 0.25) is 0 Å². The van der Waals surface area contributed by atoms with Crippen LogP contribution in [-0.2, 0) is 33.2 Å². The molecule has 3 aliphatic rings. The average Bonchev–Trinajstić information content (AvgIpc) is 0.781. The van der Waals surface area contributed by atoms with Crippen LogP contribution in [0.25, 0.3) is 0 Å². The summed E-state index contributed by atoms with van der Waals surface area (Å²) in [5.41, 5.74) is 0. The lowest BCUT2D eigenvalue weighted by atomic mass is 9.96. The van der Waals surface area contributed by atoms with E-state index in [-0.39, 0.29) is 18.9 Å². The summed E-state index contributed by atoms with van der Waals surface area (Å²) in [6.07, 6.45) is 69.7. The van der Waals surface area contributed by atoms with E-state index >= 15 is 0 Å². The second kappa shape index (κ2) is 66.3. The van der Waals surface area contributed by atoms with E-state index in [9.17, 15) is 61.0 Å². The van der Waals surface area contributed by atoms with Crippen molar-refractivity contribution in [1.82, 2.24) is 5.32 Å². The largest absolute Gasteiger partial charge is 0.394 e. The molecule has 17 unspecified atom stereocenters. The molecule has 0 aliphatic carbocycles. The van der Waals surface area contributed by atoms with Crippen molar-refractivity contribution in [3.05, 3.63) is 146 Å². The van der Waals surface area contributed by atoms with Crippen LogP contribution in [0.4, 0.5) is 0 Å². The molecule has 3 heterocycles. The van der Waals surface area contributed by atoms with Crippen LogP contribution in [0, 0.1) is 0 Å². The predicted molar refractivity (Wildman–Crippen MR) is 429 cm³/mol. The first kappa shape index (κ1) is 96.9. The van der Waals surface area contributed by atoms with Gasteiger partial charge in [-0.1, -0.05) is 295 Å². The van der Waals surface area contributed by atoms with Crippen LogP contribution in [0.3, 0.4) is 0 Å². The maximum absolute atomic E-state index is 13.5. The van der Waals surface area contributed by atoms with Gasteiger partial charge in [-0.3, -0.25) is 4.79 Å². The monoisotopic (exact) mass is 1510 g/mol. The topological polar surface area (TPSA) is 307 Å². The van der Waals surface area contributed by atoms with E-state index < -0.39 is 124 Å². The van der Waals surface area contributed by atoms with Gasteiger partial charge in [0.25, 0.3) is 0 Å². The molecule has 17 atom stereocenters. The molecule has 0 spiro atoms. The Balaban J connectivity index is 1.38. The smallest absolute Gasteiger partial charge is 0.220 e. The van der Waals surface area contributed by atoms with Gasteiger partial charge in [-0.2, -0.15) is 0 Å². The minimum atomic E-state index is -1.99. The molecule has 0 aromatic heterocycles. The van der Waals surface area contributed by atoms with Gasteiger partial charge < -0.3 is 89.9 Å². The molecule has 19 heteroatoms. The Labute approximate surface area is 644 Å². The summed E-state index contributed by atoms with van der Waals surface area (Å²) in [5, 5.41) is 121. The van der Waals surface area contributed by atoms with Crippen molar-refractivity contribution >= 4 is 5.91 Å². The van der Waals surface area contributed by atoms with Crippen molar-refractivity contribution in [2.45, 2.75) is 375 Å². The molecule has 3 rings (SSSR count). The zero-order valence-electron chi connectivity index (χ0n) is 65.6. The van der Waals surface area contributed by atoms with E-state index in [1.54, 1.807) is 6.08 Å². The van der Waals surface area contributed by atoms with Crippen LogP contribution < -0.4 is 5.32 Å². The van der Waals surface area contributed by atoms with Crippen molar-refractivity contribution < 1.29 is 89.4 Å². The van der Waals surface area contributed by atoms with Gasteiger partial charge in [0.1, 0.15) is 73.2 Å². The molecule has 0 aromatic rings. The number of nitrogens with one attached hydrogen (secondary N) is 1. The average molecular weight is 1510 g/mol. The third-order valence-corrected chi connectivity index (χ3v) is 19.6. The molecule has 0 bridgehead atoms. The number of amides is 1. The number of hydrogen-bond acceptors (Lipinski definition) is 18. The summed E-state index contributed by atoms with van der Waals surface area (Å²) in [5.74, 6) is -0.300. The van der Waals surface area contributed by atoms with Gasteiger partial charge in [0.15, 0.2) is 18.9 Å². The second-order valence-corrected chi connectivity index (χ2v) is 28.8. The molecule has 0 radical (unpaired) electrons. The van der Waals surface area contributed by atoms with E-state index in [0.717, 1.165) is 116 Å². The minimum Gasteiger partial charge on any atom is -0.394 e. The molecule has 3 fully saturated rings. The Morgan fingerprint density at radius 3 is 1.05 bits per heavy atom. The van der Waals surface area contributed by atoms with E-state index in [0.29, 0.717) is 12.8 Å². The van der Waals surface area contributed by atoms with E-state index in [1.807, 2.05) is 6.08 Å². The fourth-order valence-electron chi connectivity index (χ4n) is 13.0. The van der Waals surface area contributed by atoms with Gasteiger partial charge in [-0.25, -0.2) is 0 Å². The van der Waals surface area contributed by atoms with E-state index in [2.05, 4.69) is 153 Å². The van der Waals surface area contributed by atoms with Crippen molar-refractivity contribution in [3.8, 4) is 0 Å². The highest BCUT2D eigenvalue weighted by molar-refractivity contribution is 5.76. The molecule has 0 aromatic carbocycles. The molecule has 1 amide bonds. The highest BCUT2D eigenvalue weighted by atomic mass is 16.8. The Morgan fingerprint density at radius 1 is 0.346 bits per heavy atom. The number of ether oxygens (including phenoxy) is 6. The Bertz CT molecular complexity index is 2500. The first-order valence-corrected chi connectivity index (χ1v) is 41.6. The maximum Gasteiger partial charge on any atom is 0.220 e. The van der Waals surface area contributed by atoms with Crippen molar-refractivity contribution in [3.63, 3.8) is 0 Å². The molecular weight excluding hydrogens is 1360 g/mol. The van der Waals surface area contributed by atoms with Crippen LogP contribution in [-0.4, -0.2) is 193 Å². The molecule has 3 aliphatic heterocycles. The van der Waals surface area contributed by atoms with Gasteiger partial charge in [-0.05, 0) is 116 Å². The number of aliphatic hydroxyl groups excluding tert-OH is 11. The van der Waals surface area contributed by atoms with Gasteiger partial charge in [0.2, 0.25) is 5.91 Å². The van der Waals surface area contributed by atoms with Gasteiger partial charge >= 0.3 is 0 Å². The number of unbranched alkanes of at least 4 members (excludes halogenated alkanes) is 26. The number of aliphatic hydroxyl groups is 11. The number of carbonyl (C=O) groups excluding carboxylic acids is 1. The first-order chi connectivity index (χ1) is 52.3. The number of rotatable bonds is 64. The predicted octanol–water partition coefficient (Wildman–Crippen LogP) is 14.6. The van der Waals surface area contributed by atoms with E-state index in [4.69, 9.17) is 28.4 Å². The fourth-order valence-corrected chi connectivity index (χ4v) is 13.0. The zero-order valence-corrected chi connectivity index (χ0v) is 65.6. The lowest BCUT2D eigenvalue weighted by Gasteiger charge is -2.48. The number of allylic oxidation sites excluding steroid dienone is 23. The number of hydrogen-bond donors (Lipinski definition) is 12. The molecule has 0 saturated carbocycles. The second-order valence-electron chi connectivity index (χ2n) is 28.8. The summed E-state index contributed by atoms with van der Waals surface area (Å²) in [7, 11) is 0. The zero-order chi connectivity index (χ0) is 77.4. The summed E-state index contributed by atoms with van der Waals surface area (Å²) in [6, 6.07) is -1.01. The highest BCUT2D eigenvalue weighted by Crippen LogP contribution is 2.33. The Hall–Kier alpha value is -4.33. The fraction of sp³-hybridized carbons (Fsp3) is 0.716. The van der Waals surface area contributed by atoms with Gasteiger partial charge in [-0.15, -0.1) is 0 Å². The molecule has 612 valence electrons. The van der Waals surface area contributed by atoms with Gasteiger partial charge in [0, 0.05) is 6.42 Å². The molecule has 19 nitrogen and oxygen atoms in total. The Morgan fingerprint density at radius 2 is 0.654 bits per heavy atom. The van der Waals surface area contributed by atoms with Crippen LogP contribution >= 0.6 is 0 Å². The molecular formula is C88H147NO18. The Kier molecular flexibility index (Phi) is 60.0. The minimum absolute atomic E-state index is 0.215. The van der Waals surface area contributed by atoms with Crippen molar-refractivity contribution in [2.24, 2.45) is 0 Å². The maximum atomic E-state index is 13.5. The van der Waals surface area contributed by atoms with Gasteiger partial charge in [0.05, 0.1) is 38.6 Å². The lowest BCUT2D eigenvalue weighted by Crippen LogP contribution is -2.66. The highest BCUT2D eigenvalue weighted by Gasteiger charge is 2.54. The molecule has 107 heavy (non-hydrogen) atoms. The van der Waals surface area contributed by atoms with E-state index in [1.165, 1.54) is 122 Å². The molecule has 12 N–H and O–H groups in total. The summed E-state index contributed by atoms with van der Waals surface area (Å²) in [6.45, 7) is 1.60. The summed E-state index contributed by atoms with van der Waals surface area (Å²) in [4.78, 5) is 13.5. The van der Waals surface area contributed by atoms with Crippen LogP contribution in [0.5, 0.6) is 0 Å². The van der Waals surface area contributed by atoms with Crippen LogP contribution in [0.1, 0.15) is 271 Å². The SMILES string of the molecule is CC/C=C\C/C=C\C/C=C\C/C=C\C/C=C\C/C=C\C/C=C\C/C=C\C/C=C\CCCCCCCCCCCC(=O)NC(COC1OC(CO)C(OC2OC(CO)C(OC3OC(CO)C(O)C(O)C3O)C(O)C2O)C(O)C1O)C(O)/C=C/CC/C=C/CC/C=C/CCCCCCCCCCCCCCCCC. The first-order valence-electron chi connectivity index (χ1n) is 41.6. The summed E-state index contributed by atoms with van der Waals surface area (Å²) < 4.78 is 34.4. The quantitative estimate of drug-likeness (QED) is 0.0199. The van der Waals surface area contributed by atoms with Crippen LogP contribution in [0.15, 0.2) is 146 Å².